The van der Waals surface area contributed by atoms with Gasteiger partial charge in [0.15, 0.2) is 6.10 Å². The summed E-state index contributed by atoms with van der Waals surface area (Å²) in [6.45, 7) is 5.72. The molecule has 0 fully saturated rings. The Balaban J connectivity index is 2.13. The molecule has 0 aliphatic heterocycles. The summed E-state index contributed by atoms with van der Waals surface area (Å²) in [5, 5.41) is 3.02. The molecule has 26 heavy (non-hydrogen) atoms. The van der Waals surface area contributed by atoms with Gasteiger partial charge in [0.2, 0.25) is 0 Å². The average Bonchev–Trinajstić information content (AvgIpc) is 2.67. The molecule has 0 aliphatic rings. The number of carbonyl (C=O) groups excluding carboxylic acids is 2. The molecule has 138 valence electrons. The zero-order valence-corrected chi connectivity index (χ0v) is 15.3. The number of ether oxygens (including phenoxy) is 1. The predicted molar refractivity (Wildman–Crippen MR) is 102 cm³/mol. The number of benzene rings is 2. The quantitative estimate of drug-likeness (QED) is 0.404. The fourth-order valence-electron chi connectivity index (χ4n) is 2.65. The Morgan fingerprint density at radius 2 is 1.62 bits per heavy atom. The van der Waals surface area contributed by atoms with Crippen molar-refractivity contribution in [3.63, 3.8) is 0 Å². The first-order valence-electron chi connectivity index (χ1n) is 8.69. The average molecular weight is 355 g/mol. The largest absolute Gasteiger partial charge is 0.481 e. The molecule has 0 saturated heterocycles. The summed E-state index contributed by atoms with van der Waals surface area (Å²) in [4.78, 5) is 24.0. The Labute approximate surface area is 153 Å². The van der Waals surface area contributed by atoms with Crippen molar-refractivity contribution in [2.24, 2.45) is 5.84 Å². The van der Waals surface area contributed by atoms with E-state index in [1.807, 2.05) is 23.6 Å². The number of nitrogens with two attached hydrogens (primary N) is 1. The summed E-state index contributed by atoms with van der Waals surface area (Å²) in [5.74, 6) is 4.96. The van der Waals surface area contributed by atoms with Crippen LogP contribution in [0.5, 0.6) is 5.75 Å². The number of hydrazine groups is 1. The van der Waals surface area contributed by atoms with Crippen molar-refractivity contribution in [3.8, 4) is 5.75 Å². The van der Waals surface area contributed by atoms with Crippen LogP contribution in [-0.2, 0) is 17.6 Å². The molecular weight excluding hydrogens is 330 g/mol. The minimum Gasteiger partial charge on any atom is -0.481 e. The Morgan fingerprint density at radius 3 is 2.12 bits per heavy atom. The molecule has 0 radical (unpaired) electrons. The highest BCUT2D eigenvalue weighted by atomic mass is 16.5. The summed E-state index contributed by atoms with van der Waals surface area (Å²) in [6, 6.07) is 12.7. The lowest BCUT2D eigenvalue weighted by Gasteiger charge is -2.15. The first-order valence-corrected chi connectivity index (χ1v) is 8.69. The highest BCUT2D eigenvalue weighted by molar-refractivity contribution is 6.05. The van der Waals surface area contributed by atoms with E-state index in [0.717, 1.165) is 29.7 Å². The van der Waals surface area contributed by atoms with E-state index in [2.05, 4.69) is 19.2 Å². The number of aryl methyl sites for hydroxylation is 2. The third-order valence-corrected chi connectivity index (χ3v) is 4.18. The minimum absolute atomic E-state index is 0.181. The lowest BCUT2D eigenvalue weighted by Crippen LogP contribution is -2.40. The van der Waals surface area contributed by atoms with Crippen molar-refractivity contribution in [2.75, 3.05) is 5.32 Å². The lowest BCUT2D eigenvalue weighted by molar-refractivity contribution is -0.127. The second-order valence-corrected chi connectivity index (χ2v) is 5.91. The smallest absolute Gasteiger partial charge is 0.274 e. The fourth-order valence-corrected chi connectivity index (χ4v) is 2.65. The maximum atomic E-state index is 12.6. The van der Waals surface area contributed by atoms with E-state index >= 15 is 0 Å². The van der Waals surface area contributed by atoms with Gasteiger partial charge in [0.05, 0.1) is 0 Å². The molecule has 1 atom stereocenters. The van der Waals surface area contributed by atoms with Gasteiger partial charge in [-0.2, -0.15) is 0 Å². The van der Waals surface area contributed by atoms with E-state index < -0.39 is 12.0 Å². The van der Waals surface area contributed by atoms with Crippen LogP contribution in [0.4, 0.5) is 5.69 Å². The van der Waals surface area contributed by atoms with Crippen molar-refractivity contribution in [1.82, 2.24) is 5.43 Å². The molecule has 0 bridgehead atoms. The number of hydrogen-bond donors (Lipinski definition) is 3. The van der Waals surface area contributed by atoms with Gasteiger partial charge in [-0.1, -0.05) is 32.0 Å². The van der Waals surface area contributed by atoms with Crippen LogP contribution in [0.3, 0.4) is 0 Å². The van der Waals surface area contributed by atoms with E-state index in [1.54, 1.807) is 31.2 Å². The van der Waals surface area contributed by atoms with Gasteiger partial charge in [-0.05, 0) is 55.2 Å². The van der Waals surface area contributed by atoms with Crippen molar-refractivity contribution < 1.29 is 14.3 Å². The number of para-hydroxylation sites is 1. The lowest BCUT2D eigenvalue weighted by atomic mass is 10.0. The molecule has 2 aromatic carbocycles. The summed E-state index contributed by atoms with van der Waals surface area (Å²) >= 11 is 0. The number of rotatable bonds is 7. The molecule has 0 saturated carbocycles. The fraction of sp³-hybridized carbons (Fsp3) is 0.300. The molecule has 0 aliphatic carbocycles. The highest BCUT2D eigenvalue weighted by Gasteiger charge is 2.14. The number of nitrogens with one attached hydrogen (secondary N) is 2. The SMILES string of the molecule is CCc1cccc(CC)c1NC(=O)c1ccc(O[C@@H](C)C(=O)NN)cc1. The molecule has 0 heterocycles. The zero-order chi connectivity index (χ0) is 19.1. The van der Waals surface area contributed by atoms with Gasteiger partial charge < -0.3 is 10.1 Å². The third-order valence-electron chi connectivity index (χ3n) is 4.18. The highest BCUT2D eigenvalue weighted by Crippen LogP contribution is 2.24. The van der Waals surface area contributed by atoms with E-state index in [1.165, 1.54) is 0 Å². The van der Waals surface area contributed by atoms with Gasteiger partial charge >= 0.3 is 0 Å². The first kappa shape index (κ1) is 19.5. The molecule has 0 unspecified atom stereocenters. The standard InChI is InChI=1S/C20H25N3O3/c1-4-14-7-6-8-15(5-2)18(14)22-20(25)16-9-11-17(12-10-16)26-13(3)19(24)23-21/h6-13H,4-5,21H2,1-3H3,(H,22,25)(H,23,24)/t13-/m0/s1. The Morgan fingerprint density at radius 1 is 1.04 bits per heavy atom. The maximum absolute atomic E-state index is 12.6. The first-order chi connectivity index (χ1) is 12.5. The number of hydrogen-bond acceptors (Lipinski definition) is 4. The second-order valence-electron chi connectivity index (χ2n) is 5.91. The van der Waals surface area contributed by atoms with Gasteiger partial charge in [-0.3, -0.25) is 15.0 Å². The van der Waals surface area contributed by atoms with Gasteiger partial charge in [0.1, 0.15) is 5.75 Å². The van der Waals surface area contributed by atoms with Crippen molar-refractivity contribution >= 4 is 17.5 Å². The summed E-state index contributed by atoms with van der Waals surface area (Å²) < 4.78 is 5.47. The van der Waals surface area contributed by atoms with Crippen molar-refractivity contribution in [3.05, 3.63) is 59.2 Å². The topological polar surface area (TPSA) is 93.4 Å². The van der Waals surface area contributed by atoms with Gasteiger partial charge in [0.25, 0.3) is 11.8 Å². The van der Waals surface area contributed by atoms with E-state index in [4.69, 9.17) is 10.6 Å². The third kappa shape index (κ3) is 4.61. The minimum atomic E-state index is -0.719. The molecule has 2 amide bonds. The van der Waals surface area contributed by atoms with E-state index in [9.17, 15) is 9.59 Å². The monoisotopic (exact) mass is 355 g/mol. The van der Waals surface area contributed by atoms with E-state index in [0.29, 0.717) is 11.3 Å². The number of anilines is 1. The van der Waals surface area contributed by atoms with E-state index in [-0.39, 0.29) is 5.91 Å². The van der Waals surface area contributed by atoms with Gasteiger partial charge in [-0.25, -0.2) is 5.84 Å². The van der Waals surface area contributed by atoms with Crippen molar-refractivity contribution in [2.45, 2.75) is 39.7 Å². The van der Waals surface area contributed by atoms with Crippen LogP contribution in [0.1, 0.15) is 42.3 Å². The molecule has 0 aromatic heterocycles. The van der Waals surface area contributed by atoms with Crippen LogP contribution >= 0.6 is 0 Å². The Bertz CT molecular complexity index is 750. The Hall–Kier alpha value is -2.86. The van der Waals surface area contributed by atoms with Crippen LogP contribution in [0, 0.1) is 0 Å². The molecule has 2 aromatic rings. The second kappa shape index (κ2) is 9.01. The normalized spacial score (nSPS) is 11.5. The molecule has 0 spiro atoms. The molecule has 4 N–H and O–H groups in total. The maximum Gasteiger partial charge on any atom is 0.274 e. The van der Waals surface area contributed by atoms with Crippen LogP contribution in [0.25, 0.3) is 0 Å². The van der Waals surface area contributed by atoms with Crippen LogP contribution < -0.4 is 21.3 Å². The summed E-state index contributed by atoms with van der Waals surface area (Å²) in [7, 11) is 0. The van der Waals surface area contributed by atoms with Crippen molar-refractivity contribution in [1.29, 1.82) is 0 Å². The van der Waals surface area contributed by atoms with Gasteiger partial charge in [0, 0.05) is 11.3 Å². The molecular formula is C20H25N3O3. The Kier molecular flexibility index (Phi) is 6.74. The van der Waals surface area contributed by atoms with Crippen LogP contribution in [0.15, 0.2) is 42.5 Å². The number of carbonyl (C=O) groups is 2. The van der Waals surface area contributed by atoms with Crippen LogP contribution in [0.2, 0.25) is 0 Å². The molecule has 6 heteroatoms. The predicted octanol–water partition coefficient (Wildman–Crippen LogP) is 2.82. The summed E-state index contributed by atoms with van der Waals surface area (Å²) in [5.41, 5.74) is 5.66. The summed E-state index contributed by atoms with van der Waals surface area (Å²) in [6.07, 6.45) is 0.970. The number of amides is 2. The zero-order valence-electron chi connectivity index (χ0n) is 15.3. The molecule has 6 nitrogen and oxygen atoms in total. The van der Waals surface area contributed by atoms with Gasteiger partial charge in [-0.15, -0.1) is 0 Å². The molecule has 2 rings (SSSR count). The van der Waals surface area contributed by atoms with Crippen LogP contribution in [-0.4, -0.2) is 17.9 Å².